The van der Waals surface area contributed by atoms with Crippen molar-refractivity contribution in [2.24, 2.45) is 0 Å². The molecule has 2 N–H and O–H groups in total. The van der Waals surface area contributed by atoms with E-state index in [1.807, 2.05) is 0 Å². The average molecular weight is 462 g/mol. The highest BCUT2D eigenvalue weighted by molar-refractivity contribution is 6.09. The van der Waals surface area contributed by atoms with Crippen LogP contribution in [0.3, 0.4) is 0 Å². The van der Waals surface area contributed by atoms with Gasteiger partial charge in [0.2, 0.25) is 5.78 Å². The predicted octanol–water partition coefficient (Wildman–Crippen LogP) is 1.32. The van der Waals surface area contributed by atoms with E-state index in [-0.39, 0.29) is 48.2 Å². The van der Waals surface area contributed by atoms with Crippen LogP contribution in [0.5, 0.6) is 34.5 Å². The molecule has 2 heterocycles. The third kappa shape index (κ3) is 3.79. The van der Waals surface area contributed by atoms with E-state index >= 15 is 0 Å². The second-order valence-electron chi connectivity index (χ2n) is 7.64. The van der Waals surface area contributed by atoms with Crippen LogP contribution in [0, 0.1) is 0 Å². The first-order valence-electron chi connectivity index (χ1n) is 10.2. The Kier molecular flexibility index (Phi) is 6.24. The molecule has 4 rings (SSSR count). The smallest absolute Gasteiger partial charge is 0.210 e. The number of aliphatic hydroxyl groups is 2. The zero-order chi connectivity index (χ0) is 23.8. The summed E-state index contributed by atoms with van der Waals surface area (Å²) in [7, 11) is 5.85. The monoisotopic (exact) mass is 462 g/mol. The van der Waals surface area contributed by atoms with E-state index < -0.39 is 23.6 Å². The minimum Gasteiger partial charge on any atom is -0.496 e. The number of Topliss-reactive ketones (excluding diaryl/α,β-unsaturated/α-hetero) is 1. The molecule has 2 aliphatic heterocycles. The van der Waals surface area contributed by atoms with Gasteiger partial charge < -0.3 is 43.4 Å². The maximum Gasteiger partial charge on any atom is 0.210 e. The van der Waals surface area contributed by atoms with Crippen molar-refractivity contribution in [3.05, 3.63) is 35.4 Å². The number of aliphatic hydroxyl groups excluding tert-OH is 1. The first-order valence-corrected chi connectivity index (χ1v) is 10.2. The molecular weight excluding hydrogens is 436 g/mol. The normalized spacial score (nSPS) is 21.5. The molecule has 0 saturated heterocycles. The second-order valence-corrected chi connectivity index (χ2v) is 7.64. The molecule has 2 aliphatic rings. The quantitative estimate of drug-likeness (QED) is 0.594. The van der Waals surface area contributed by atoms with Gasteiger partial charge in [0.1, 0.15) is 47.9 Å². The highest BCUT2D eigenvalue weighted by Crippen LogP contribution is 2.51. The Morgan fingerprint density at radius 3 is 2.39 bits per heavy atom. The van der Waals surface area contributed by atoms with Gasteiger partial charge in [-0.25, -0.2) is 0 Å². The van der Waals surface area contributed by atoms with E-state index in [9.17, 15) is 15.0 Å². The zero-order valence-electron chi connectivity index (χ0n) is 18.7. The largest absolute Gasteiger partial charge is 0.496 e. The number of ketones is 1. The molecule has 0 bridgehead atoms. The maximum absolute atomic E-state index is 13.8. The molecule has 33 heavy (non-hydrogen) atoms. The molecule has 10 nitrogen and oxygen atoms in total. The van der Waals surface area contributed by atoms with Crippen LogP contribution in [0.4, 0.5) is 0 Å². The number of fused-ring (bicyclic) bond motifs is 4. The zero-order valence-corrected chi connectivity index (χ0v) is 18.7. The van der Waals surface area contributed by atoms with Crippen molar-refractivity contribution in [1.29, 1.82) is 0 Å². The first kappa shape index (κ1) is 23.0. The molecule has 0 aromatic heterocycles. The Labute approximate surface area is 190 Å². The Hall–Kier alpha value is -3.21. The van der Waals surface area contributed by atoms with Crippen molar-refractivity contribution in [1.82, 2.24) is 0 Å². The summed E-state index contributed by atoms with van der Waals surface area (Å²) in [5.74, 6) is 1.02. The SMILES string of the molecule is COCC(O)COc1cc(OC)cc2c1C(=O)[C@@]1(O)c3cc(OC)c(OC)cc3OC[C@H]1O2. The molecule has 2 aromatic carbocycles. The number of rotatable bonds is 8. The van der Waals surface area contributed by atoms with Crippen molar-refractivity contribution in [3.8, 4) is 34.5 Å². The first-order chi connectivity index (χ1) is 15.9. The molecule has 3 atom stereocenters. The molecule has 178 valence electrons. The van der Waals surface area contributed by atoms with Crippen molar-refractivity contribution in [2.75, 3.05) is 48.3 Å². The highest BCUT2D eigenvalue weighted by Gasteiger charge is 2.57. The van der Waals surface area contributed by atoms with Crippen molar-refractivity contribution in [2.45, 2.75) is 17.8 Å². The summed E-state index contributed by atoms with van der Waals surface area (Å²) in [6, 6.07) is 6.09. The minimum absolute atomic E-state index is 0.0294. The number of hydrogen-bond acceptors (Lipinski definition) is 10. The van der Waals surface area contributed by atoms with Gasteiger partial charge >= 0.3 is 0 Å². The summed E-state index contributed by atoms with van der Waals surface area (Å²) in [6.45, 7) is -0.174. The van der Waals surface area contributed by atoms with Gasteiger partial charge in [-0.05, 0) is 6.07 Å². The van der Waals surface area contributed by atoms with Crippen molar-refractivity contribution < 1.29 is 48.2 Å². The Morgan fingerprint density at radius 1 is 1.00 bits per heavy atom. The molecule has 0 aliphatic carbocycles. The standard InChI is InChI=1S/C23H26O10/c1-27-9-12(24)10-31-18-5-13(28-2)6-19-21(18)22(25)23(26)14-7-16(29-3)17(30-4)8-15(14)32-11-20(23)33-19/h5-8,12,20,24,26H,9-11H2,1-4H3/t12?,20-,23-/m1/s1. The van der Waals surface area contributed by atoms with Gasteiger partial charge in [-0.3, -0.25) is 4.79 Å². The van der Waals surface area contributed by atoms with Gasteiger partial charge in [-0.15, -0.1) is 0 Å². The van der Waals surface area contributed by atoms with E-state index in [4.69, 9.17) is 33.2 Å². The summed E-state index contributed by atoms with van der Waals surface area (Å²) in [6.07, 6.45) is -1.95. The lowest BCUT2D eigenvalue weighted by atomic mass is 9.77. The van der Waals surface area contributed by atoms with Crippen LogP contribution in [0.2, 0.25) is 0 Å². The van der Waals surface area contributed by atoms with E-state index in [0.29, 0.717) is 17.2 Å². The summed E-state index contributed by atoms with van der Waals surface area (Å²) < 4.78 is 38.4. The summed E-state index contributed by atoms with van der Waals surface area (Å²) in [5, 5.41) is 21.7. The van der Waals surface area contributed by atoms with Gasteiger partial charge in [-0.2, -0.15) is 0 Å². The van der Waals surface area contributed by atoms with E-state index in [1.165, 1.54) is 46.6 Å². The van der Waals surface area contributed by atoms with Gasteiger partial charge in [0, 0.05) is 30.9 Å². The molecule has 1 unspecified atom stereocenters. The predicted molar refractivity (Wildman–Crippen MR) is 114 cm³/mol. The molecule has 0 saturated carbocycles. The average Bonchev–Trinajstić information content (AvgIpc) is 2.82. The molecule has 0 radical (unpaired) electrons. The van der Waals surface area contributed by atoms with Gasteiger partial charge in [0.15, 0.2) is 23.2 Å². The molecule has 0 amide bonds. The van der Waals surface area contributed by atoms with E-state index in [2.05, 4.69) is 0 Å². The van der Waals surface area contributed by atoms with E-state index in [1.54, 1.807) is 6.07 Å². The number of carbonyl (C=O) groups is 1. The molecule has 10 heteroatoms. The topological polar surface area (TPSA) is 122 Å². The van der Waals surface area contributed by atoms with Crippen LogP contribution in [0.1, 0.15) is 15.9 Å². The maximum atomic E-state index is 13.8. The molecule has 0 fully saturated rings. The van der Waals surface area contributed by atoms with Gasteiger partial charge in [0.05, 0.1) is 27.9 Å². The number of carbonyl (C=O) groups excluding carboxylic acids is 1. The van der Waals surface area contributed by atoms with Crippen LogP contribution >= 0.6 is 0 Å². The van der Waals surface area contributed by atoms with Crippen molar-refractivity contribution in [3.63, 3.8) is 0 Å². The second kappa shape index (κ2) is 8.97. The Balaban J connectivity index is 1.81. The van der Waals surface area contributed by atoms with Gasteiger partial charge in [0.25, 0.3) is 0 Å². The lowest BCUT2D eigenvalue weighted by Crippen LogP contribution is -2.57. The summed E-state index contributed by atoms with van der Waals surface area (Å²) >= 11 is 0. The van der Waals surface area contributed by atoms with Crippen LogP contribution in [-0.4, -0.2) is 76.5 Å². The fourth-order valence-corrected chi connectivity index (χ4v) is 4.01. The lowest BCUT2D eigenvalue weighted by molar-refractivity contribution is -0.0804. The van der Waals surface area contributed by atoms with Crippen LogP contribution in [0.25, 0.3) is 0 Å². The van der Waals surface area contributed by atoms with Crippen molar-refractivity contribution >= 4 is 5.78 Å². The van der Waals surface area contributed by atoms with Crippen LogP contribution < -0.4 is 28.4 Å². The summed E-state index contributed by atoms with van der Waals surface area (Å²) in [5.41, 5.74) is -1.85. The Morgan fingerprint density at radius 2 is 1.73 bits per heavy atom. The highest BCUT2D eigenvalue weighted by atomic mass is 16.6. The third-order valence-electron chi connectivity index (χ3n) is 5.66. The molecule has 0 spiro atoms. The summed E-state index contributed by atoms with van der Waals surface area (Å²) in [4.78, 5) is 13.8. The number of ether oxygens (including phenoxy) is 7. The fourth-order valence-electron chi connectivity index (χ4n) is 4.01. The number of methoxy groups -OCH3 is 4. The third-order valence-corrected chi connectivity index (χ3v) is 5.66. The van der Waals surface area contributed by atoms with Crippen LogP contribution in [-0.2, 0) is 10.3 Å². The van der Waals surface area contributed by atoms with Crippen LogP contribution in [0.15, 0.2) is 24.3 Å². The number of benzene rings is 2. The Bertz CT molecular complexity index is 1050. The minimum atomic E-state index is -2.07. The molecular formula is C23H26O10. The fraction of sp³-hybridized carbons (Fsp3) is 0.435. The van der Waals surface area contributed by atoms with Gasteiger partial charge in [-0.1, -0.05) is 0 Å². The number of hydrogen-bond donors (Lipinski definition) is 2. The van der Waals surface area contributed by atoms with E-state index in [0.717, 1.165) is 0 Å². The molecule has 2 aromatic rings. The lowest BCUT2D eigenvalue weighted by Gasteiger charge is -2.43.